The van der Waals surface area contributed by atoms with Gasteiger partial charge in [0, 0.05) is 32.2 Å². The lowest BCUT2D eigenvalue weighted by Crippen LogP contribution is -2.28. The minimum absolute atomic E-state index is 0.145. The van der Waals surface area contributed by atoms with Gasteiger partial charge in [-0.1, -0.05) is 0 Å². The van der Waals surface area contributed by atoms with E-state index in [1.165, 1.54) is 0 Å². The second kappa shape index (κ2) is 7.26. The molecule has 0 aromatic heterocycles. The fourth-order valence-electron chi connectivity index (χ4n) is 2.81. The van der Waals surface area contributed by atoms with Gasteiger partial charge in [0.15, 0.2) is 0 Å². The lowest BCUT2D eigenvalue weighted by Gasteiger charge is -2.17. The summed E-state index contributed by atoms with van der Waals surface area (Å²) in [5, 5.41) is 0. The number of primary amides is 1. The molecule has 2 rings (SSSR count). The molecule has 1 aliphatic rings. The van der Waals surface area contributed by atoms with Gasteiger partial charge in [0.25, 0.3) is 0 Å². The molecule has 0 aliphatic carbocycles. The summed E-state index contributed by atoms with van der Waals surface area (Å²) in [6.45, 7) is 1.86. The fraction of sp³-hybridized carbons (Fsp3) is 0.500. The molecule has 1 saturated heterocycles. The van der Waals surface area contributed by atoms with E-state index in [1.807, 2.05) is 4.90 Å². The number of hydrogen-bond acceptors (Lipinski definition) is 4. The molecule has 0 unspecified atom stereocenters. The standard InChI is InChI=1S/C16H22N2O4/c1-21-6-5-18-10-11(8-15(18)19)7-13-9-12(16(17)20)3-4-14(13)22-2/h3-4,9,11H,5-8,10H2,1-2H3,(H2,17,20)/t11-/m1/s1. The lowest BCUT2D eigenvalue weighted by molar-refractivity contribution is -0.128. The highest BCUT2D eigenvalue weighted by atomic mass is 16.5. The van der Waals surface area contributed by atoms with Gasteiger partial charge in [0.1, 0.15) is 5.75 Å². The fourth-order valence-corrected chi connectivity index (χ4v) is 2.81. The molecule has 2 N–H and O–H groups in total. The smallest absolute Gasteiger partial charge is 0.248 e. The third-order valence-electron chi connectivity index (χ3n) is 3.93. The summed E-state index contributed by atoms with van der Waals surface area (Å²) >= 11 is 0. The van der Waals surface area contributed by atoms with Crippen LogP contribution in [0.4, 0.5) is 0 Å². The van der Waals surface area contributed by atoms with Crippen LogP contribution in [0.5, 0.6) is 5.75 Å². The third-order valence-corrected chi connectivity index (χ3v) is 3.93. The normalized spacial score (nSPS) is 17.8. The number of rotatable bonds is 7. The number of carbonyl (C=O) groups is 2. The zero-order chi connectivity index (χ0) is 16.1. The quantitative estimate of drug-likeness (QED) is 0.809. The lowest BCUT2D eigenvalue weighted by atomic mass is 9.96. The molecule has 0 radical (unpaired) electrons. The number of amides is 2. The van der Waals surface area contributed by atoms with Gasteiger partial charge in [-0.3, -0.25) is 9.59 Å². The molecule has 0 spiro atoms. The van der Waals surface area contributed by atoms with E-state index < -0.39 is 5.91 Å². The van der Waals surface area contributed by atoms with E-state index in [0.29, 0.717) is 43.9 Å². The van der Waals surface area contributed by atoms with Gasteiger partial charge in [0.2, 0.25) is 11.8 Å². The van der Waals surface area contributed by atoms with Crippen molar-refractivity contribution in [3.8, 4) is 5.75 Å². The summed E-state index contributed by atoms with van der Waals surface area (Å²) in [7, 11) is 3.21. The SMILES string of the molecule is COCCN1C[C@H](Cc2cc(C(N)=O)ccc2OC)CC1=O. The van der Waals surface area contributed by atoms with Crippen LogP contribution in [0.25, 0.3) is 0 Å². The van der Waals surface area contributed by atoms with Crippen molar-refractivity contribution in [2.75, 3.05) is 33.9 Å². The highest BCUT2D eigenvalue weighted by molar-refractivity contribution is 5.93. The average Bonchev–Trinajstić information content (AvgIpc) is 2.84. The molecule has 6 heteroatoms. The second-order valence-corrected chi connectivity index (χ2v) is 5.50. The molecule has 22 heavy (non-hydrogen) atoms. The highest BCUT2D eigenvalue weighted by Crippen LogP contribution is 2.27. The Kier molecular flexibility index (Phi) is 5.38. The number of ether oxygens (including phenoxy) is 2. The van der Waals surface area contributed by atoms with E-state index in [4.69, 9.17) is 15.2 Å². The summed E-state index contributed by atoms with van der Waals surface area (Å²) in [4.78, 5) is 25.1. The number of likely N-dealkylation sites (tertiary alicyclic amines) is 1. The van der Waals surface area contributed by atoms with E-state index in [-0.39, 0.29) is 11.8 Å². The van der Waals surface area contributed by atoms with Crippen molar-refractivity contribution in [2.24, 2.45) is 11.7 Å². The summed E-state index contributed by atoms with van der Waals surface area (Å²) < 4.78 is 10.4. The summed E-state index contributed by atoms with van der Waals surface area (Å²) in [6, 6.07) is 5.15. The molecular weight excluding hydrogens is 284 g/mol. The van der Waals surface area contributed by atoms with Crippen molar-refractivity contribution >= 4 is 11.8 Å². The molecule has 1 aromatic rings. The molecule has 2 amide bonds. The van der Waals surface area contributed by atoms with E-state index in [2.05, 4.69) is 0 Å². The van der Waals surface area contributed by atoms with Crippen molar-refractivity contribution in [2.45, 2.75) is 12.8 Å². The molecular formula is C16H22N2O4. The number of hydrogen-bond donors (Lipinski definition) is 1. The van der Waals surface area contributed by atoms with Crippen LogP contribution < -0.4 is 10.5 Å². The Morgan fingerprint density at radius 2 is 2.18 bits per heavy atom. The number of nitrogens with zero attached hydrogens (tertiary/aromatic N) is 1. The Hall–Kier alpha value is -2.08. The van der Waals surface area contributed by atoms with E-state index >= 15 is 0 Å². The largest absolute Gasteiger partial charge is 0.496 e. The third kappa shape index (κ3) is 3.76. The number of benzene rings is 1. The average molecular weight is 306 g/mol. The van der Waals surface area contributed by atoms with Crippen LogP contribution in [0.15, 0.2) is 18.2 Å². The van der Waals surface area contributed by atoms with Crippen LogP contribution >= 0.6 is 0 Å². The van der Waals surface area contributed by atoms with Gasteiger partial charge < -0.3 is 20.1 Å². The van der Waals surface area contributed by atoms with Crippen LogP contribution in [0, 0.1) is 5.92 Å². The Balaban J connectivity index is 2.08. The van der Waals surface area contributed by atoms with Crippen LogP contribution in [0.2, 0.25) is 0 Å². The van der Waals surface area contributed by atoms with Gasteiger partial charge in [-0.15, -0.1) is 0 Å². The molecule has 1 atom stereocenters. The van der Waals surface area contributed by atoms with Crippen LogP contribution in [-0.2, 0) is 16.0 Å². The Labute approximate surface area is 130 Å². The molecule has 1 heterocycles. The van der Waals surface area contributed by atoms with Gasteiger partial charge in [-0.25, -0.2) is 0 Å². The Bertz CT molecular complexity index is 559. The predicted octanol–water partition coefficient (Wildman–Crippen LogP) is 0.832. The first-order valence-corrected chi connectivity index (χ1v) is 7.28. The van der Waals surface area contributed by atoms with Crippen LogP contribution in [0.3, 0.4) is 0 Å². The monoisotopic (exact) mass is 306 g/mol. The summed E-state index contributed by atoms with van der Waals surface area (Å²) in [5.74, 6) is 0.606. The summed E-state index contributed by atoms with van der Waals surface area (Å²) in [5.41, 5.74) is 6.69. The van der Waals surface area contributed by atoms with E-state index in [0.717, 1.165) is 5.56 Å². The van der Waals surface area contributed by atoms with Gasteiger partial charge >= 0.3 is 0 Å². The number of methoxy groups -OCH3 is 2. The molecule has 120 valence electrons. The second-order valence-electron chi connectivity index (χ2n) is 5.50. The maximum Gasteiger partial charge on any atom is 0.248 e. The van der Waals surface area contributed by atoms with Crippen LogP contribution in [0.1, 0.15) is 22.3 Å². The van der Waals surface area contributed by atoms with Gasteiger partial charge in [-0.2, -0.15) is 0 Å². The first-order valence-electron chi connectivity index (χ1n) is 7.28. The molecule has 1 aromatic carbocycles. The van der Waals surface area contributed by atoms with Gasteiger partial charge in [-0.05, 0) is 36.1 Å². The maximum absolute atomic E-state index is 12.0. The summed E-state index contributed by atoms with van der Waals surface area (Å²) in [6.07, 6.45) is 1.19. The van der Waals surface area contributed by atoms with Crippen molar-refractivity contribution in [3.05, 3.63) is 29.3 Å². The van der Waals surface area contributed by atoms with Crippen LogP contribution in [-0.4, -0.2) is 50.6 Å². The van der Waals surface area contributed by atoms with Crippen molar-refractivity contribution < 1.29 is 19.1 Å². The van der Waals surface area contributed by atoms with Gasteiger partial charge in [0.05, 0.1) is 13.7 Å². The van der Waals surface area contributed by atoms with E-state index in [1.54, 1.807) is 32.4 Å². The minimum Gasteiger partial charge on any atom is -0.496 e. The van der Waals surface area contributed by atoms with Crippen molar-refractivity contribution in [3.63, 3.8) is 0 Å². The zero-order valence-corrected chi connectivity index (χ0v) is 13.0. The maximum atomic E-state index is 12.0. The Morgan fingerprint density at radius 1 is 1.41 bits per heavy atom. The van der Waals surface area contributed by atoms with Crippen molar-refractivity contribution in [1.82, 2.24) is 4.90 Å². The predicted molar refractivity (Wildman–Crippen MR) is 81.8 cm³/mol. The number of carbonyl (C=O) groups excluding carboxylic acids is 2. The molecule has 6 nitrogen and oxygen atoms in total. The van der Waals surface area contributed by atoms with E-state index in [9.17, 15) is 9.59 Å². The molecule has 1 aliphatic heterocycles. The Morgan fingerprint density at radius 3 is 2.82 bits per heavy atom. The molecule has 1 fully saturated rings. The molecule has 0 bridgehead atoms. The minimum atomic E-state index is -0.465. The molecule has 0 saturated carbocycles. The topological polar surface area (TPSA) is 81.9 Å². The zero-order valence-electron chi connectivity index (χ0n) is 13.0. The highest BCUT2D eigenvalue weighted by Gasteiger charge is 2.29. The number of nitrogens with two attached hydrogens (primary N) is 1. The first-order chi connectivity index (χ1) is 10.5. The first kappa shape index (κ1) is 16.3. The van der Waals surface area contributed by atoms with Crippen molar-refractivity contribution in [1.29, 1.82) is 0 Å².